The highest BCUT2D eigenvalue weighted by atomic mass is 79.9. The number of nitro groups is 1. The van der Waals surface area contributed by atoms with Gasteiger partial charge in [-0.3, -0.25) is 10.1 Å². The van der Waals surface area contributed by atoms with E-state index < -0.39 is 4.92 Å². The molecule has 2 heterocycles. The topological polar surface area (TPSA) is 81.4 Å². The van der Waals surface area contributed by atoms with E-state index in [4.69, 9.17) is 11.2 Å². The first kappa shape index (κ1) is 16.2. The predicted octanol–water partition coefficient (Wildman–Crippen LogP) is 2.86. The number of nitrogens with zero attached hydrogens (tertiary/aromatic N) is 4. The van der Waals surface area contributed by atoms with Crippen molar-refractivity contribution in [3.05, 3.63) is 37.4 Å². The quantitative estimate of drug-likeness (QED) is 0.434. The maximum absolute atomic E-state index is 11.2. The van der Waals surface area contributed by atoms with Crippen LogP contribution >= 0.6 is 27.3 Å². The Kier molecular flexibility index (Phi) is 5.30. The first-order chi connectivity index (χ1) is 10.5. The third-order valence-corrected chi connectivity index (χ3v) is 4.08. The zero-order valence-electron chi connectivity index (χ0n) is 11.5. The minimum atomic E-state index is -0.496. The van der Waals surface area contributed by atoms with Crippen LogP contribution in [0.15, 0.2) is 22.4 Å². The molecule has 22 heavy (non-hydrogen) atoms. The van der Waals surface area contributed by atoms with E-state index >= 15 is 0 Å². The molecule has 114 valence electrons. The van der Waals surface area contributed by atoms with Crippen LogP contribution in [0.5, 0.6) is 5.75 Å². The van der Waals surface area contributed by atoms with E-state index in [-0.39, 0.29) is 23.9 Å². The number of terminal acetylenes is 1. The number of pyridine rings is 1. The lowest BCUT2D eigenvalue weighted by atomic mass is 10.3. The van der Waals surface area contributed by atoms with Crippen LogP contribution in [0.1, 0.15) is 4.88 Å². The largest absolute Gasteiger partial charge is 0.479 e. The Hall–Kier alpha value is -2.18. The summed E-state index contributed by atoms with van der Waals surface area (Å²) in [5, 5.41) is 11.2. The molecule has 0 atom stereocenters. The molecule has 2 aromatic heterocycles. The normalized spacial score (nSPS) is 10.0. The third-order valence-electron chi connectivity index (χ3n) is 2.62. The first-order valence-electron chi connectivity index (χ1n) is 6.03. The smallest absolute Gasteiger partial charge is 0.315 e. The van der Waals surface area contributed by atoms with Gasteiger partial charge < -0.3 is 9.64 Å². The van der Waals surface area contributed by atoms with Gasteiger partial charge in [0.05, 0.1) is 23.7 Å². The SMILES string of the molecule is C#CCOc1cnc(N(C)Cc2cnc(Br)s2)c([N+](=O)[O-])c1. The average Bonchev–Trinajstić information content (AvgIpc) is 2.89. The van der Waals surface area contributed by atoms with Gasteiger partial charge in [0, 0.05) is 18.1 Å². The van der Waals surface area contributed by atoms with E-state index in [9.17, 15) is 10.1 Å². The fourth-order valence-corrected chi connectivity index (χ4v) is 3.14. The van der Waals surface area contributed by atoms with Crippen LogP contribution in [0.3, 0.4) is 0 Å². The van der Waals surface area contributed by atoms with Crippen molar-refractivity contribution in [2.75, 3.05) is 18.6 Å². The lowest BCUT2D eigenvalue weighted by Gasteiger charge is -2.17. The fourth-order valence-electron chi connectivity index (χ4n) is 1.73. The number of hydrogen-bond acceptors (Lipinski definition) is 7. The highest BCUT2D eigenvalue weighted by Gasteiger charge is 2.21. The van der Waals surface area contributed by atoms with Crippen molar-refractivity contribution >= 4 is 38.8 Å². The summed E-state index contributed by atoms with van der Waals surface area (Å²) < 4.78 is 5.93. The van der Waals surface area contributed by atoms with Gasteiger partial charge in [-0.15, -0.1) is 17.8 Å². The van der Waals surface area contributed by atoms with Crippen LogP contribution in [0.25, 0.3) is 0 Å². The second-order valence-electron chi connectivity index (χ2n) is 4.20. The third kappa shape index (κ3) is 3.93. The molecule has 0 aliphatic carbocycles. The molecule has 0 spiro atoms. The summed E-state index contributed by atoms with van der Waals surface area (Å²) in [6.45, 7) is 0.491. The molecular formula is C13H11BrN4O3S. The molecule has 0 N–H and O–H groups in total. The zero-order valence-corrected chi connectivity index (χ0v) is 13.9. The molecule has 0 radical (unpaired) electrons. The lowest BCUT2D eigenvalue weighted by molar-refractivity contribution is -0.384. The monoisotopic (exact) mass is 382 g/mol. The van der Waals surface area contributed by atoms with Crippen LogP contribution in [-0.2, 0) is 6.54 Å². The molecule has 0 aromatic carbocycles. The summed E-state index contributed by atoms with van der Waals surface area (Å²) in [5.41, 5.74) is -0.138. The number of hydrogen-bond donors (Lipinski definition) is 0. The number of ether oxygens (including phenoxy) is 1. The summed E-state index contributed by atoms with van der Waals surface area (Å²) in [7, 11) is 1.73. The number of thiazole rings is 1. The van der Waals surface area contributed by atoms with E-state index in [1.807, 2.05) is 0 Å². The standard InChI is InChI=1S/C13H11BrN4O3S/c1-3-4-21-9-5-11(18(19)20)12(15-6-9)17(2)8-10-7-16-13(14)22-10/h1,5-7H,4,8H2,2H3. The van der Waals surface area contributed by atoms with Gasteiger partial charge in [-0.2, -0.15) is 0 Å². The van der Waals surface area contributed by atoms with Crippen LogP contribution in [-0.4, -0.2) is 28.5 Å². The highest BCUT2D eigenvalue weighted by Crippen LogP contribution is 2.30. The van der Waals surface area contributed by atoms with E-state index in [1.165, 1.54) is 23.6 Å². The molecular weight excluding hydrogens is 372 g/mol. The lowest BCUT2D eigenvalue weighted by Crippen LogP contribution is -2.18. The van der Waals surface area contributed by atoms with Crippen molar-refractivity contribution in [1.29, 1.82) is 0 Å². The number of halogens is 1. The van der Waals surface area contributed by atoms with E-state index in [0.717, 1.165) is 8.79 Å². The number of aromatic nitrogens is 2. The van der Waals surface area contributed by atoms with Crippen molar-refractivity contribution in [2.24, 2.45) is 0 Å². The molecule has 0 bridgehead atoms. The molecule has 7 nitrogen and oxygen atoms in total. The van der Waals surface area contributed by atoms with E-state index in [0.29, 0.717) is 6.54 Å². The van der Waals surface area contributed by atoms with Crippen molar-refractivity contribution in [3.8, 4) is 18.1 Å². The average molecular weight is 383 g/mol. The van der Waals surface area contributed by atoms with Crippen molar-refractivity contribution < 1.29 is 9.66 Å². The highest BCUT2D eigenvalue weighted by molar-refractivity contribution is 9.11. The fraction of sp³-hybridized carbons (Fsp3) is 0.231. The molecule has 2 aromatic rings. The summed E-state index contributed by atoms with van der Waals surface area (Å²) in [6.07, 6.45) is 8.22. The molecule has 0 saturated carbocycles. The first-order valence-corrected chi connectivity index (χ1v) is 7.64. The predicted molar refractivity (Wildman–Crippen MR) is 87.1 cm³/mol. The van der Waals surface area contributed by atoms with Gasteiger partial charge in [0.25, 0.3) is 0 Å². The Bertz CT molecular complexity index is 728. The molecule has 9 heteroatoms. The Morgan fingerprint density at radius 1 is 1.55 bits per heavy atom. The second-order valence-corrected chi connectivity index (χ2v) is 6.59. The maximum atomic E-state index is 11.2. The zero-order chi connectivity index (χ0) is 16.1. The molecule has 0 saturated heterocycles. The van der Waals surface area contributed by atoms with Crippen LogP contribution in [0.2, 0.25) is 0 Å². The summed E-state index contributed by atoms with van der Waals surface area (Å²) in [4.78, 5) is 21.6. The minimum Gasteiger partial charge on any atom is -0.479 e. The molecule has 0 fully saturated rings. The molecule has 0 aliphatic heterocycles. The van der Waals surface area contributed by atoms with Gasteiger partial charge in [0.1, 0.15) is 12.4 Å². The molecule has 0 unspecified atom stereocenters. The van der Waals surface area contributed by atoms with Crippen LogP contribution < -0.4 is 9.64 Å². The summed E-state index contributed by atoms with van der Waals surface area (Å²) in [6, 6.07) is 1.32. The van der Waals surface area contributed by atoms with Crippen molar-refractivity contribution in [2.45, 2.75) is 6.54 Å². The van der Waals surface area contributed by atoms with Gasteiger partial charge >= 0.3 is 5.69 Å². The van der Waals surface area contributed by atoms with Crippen molar-refractivity contribution in [3.63, 3.8) is 0 Å². The Labute approximate surface area is 139 Å². The van der Waals surface area contributed by atoms with E-state index in [1.54, 1.807) is 18.1 Å². The summed E-state index contributed by atoms with van der Waals surface area (Å²) >= 11 is 4.74. The van der Waals surface area contributed by atoms with Crippen LogP contribution in [0, 0.1) is 22.5 Å². The van der Waals surface area contributed by atoms with Gasteiger partial charge in [-0.1, -0.05) is 5.92 Å². The second kappa shape index (κ2) is 7.20. The summed E-state index contributed by atoms with van der Waals surface area (Å²) in [5.74, 6) is 2.82. The van der Waals surface area contributed by atoms with Crippen molar-refractivity contribution in [1.82, 2.24) is 9.97 Å². The number of rotatable bonds is 6. The molecule has 2 rings (SSSR count). The van der Waals surface area contributed by atoms with Gasteiger partial charge in [-0.05, 0) is 15.9 Å². The van der Waals surface area contributed by atoms with Gasteiger partial charge in [0.2, 0.25) is 5.82 Å². The Balaban J connectivity index is 2.25. The molecule has 0 aliphatic rings. The van der Waals surface area contributed by atoms with Gasteiger partial charge in [-0.25, -0.2) is 9.97 Å². The Morgan fingerprint density at radius 3 is 2.91 bits per heavy atom. The minimum absolute atomic E-state index is 0.0307. The Morgan fingerprint density at radius 2 is 2.32 bits per heavy atom. The van der Waals surface area contributed by atoms with Gasteiger partial charge in [0.15, 0.2) is 3.92 Å². The number of anilines is 1. The van der Waals surface area contributed by atoms with Crippen LogP contribution in [0.4, 0.5) is 11.5 Å². The molecule has 0 amide bonds. The maximum Gasteiger partial charge on any atom is 0.315 e. The van der Waals surface area contributed by atoms with E-state index in [2.05, 4.69) is 31.8 Å².